The zero-order valence-electron chi connectivity index (χ0n) is 13.8. The summed E-state index contributed by atoms with van der Waals surface area (Å²) in [6.45, 7) is 7.05. The van der Waals surface area contributed by atoms with E-state index >= 15 is 0 Å². The van der Waals surface area contributed by atoms with Crippen LogP contribution >= 0.6 is 0 Å². The third-order valence-corrected chi connectivity index (χ3v) is 3.19. The number of Topliss-reactive ketones (excluding diaryl/α,β-unsaturated/α-hetero) is 1. The van der Waals surface area contributed by atoms with Crippen LogP contribution < -0.4 is 16.4 Å². The fourth-order valence-corrected chi connectivity index (χ4v) is 2.00. The van der Waals surface area contributed by atoms with Crippen molar-refractivity contribution in [3.8, 4) is 0 Å². The van der Waals surface area contributed by atoms with Gasteiger partial charge in [-0.25, -0.2) is 0 Å². The van der Waals surface area contributed by atoms with Crippen LogP contribution in [-0.2, 0) is 19.2 Å². The van der Waals surface area contributed by atoms with Crippen LogP contribution in [0.1, 0.15) is 47.0 Å². The first-order valence-electron chi connectivity index (χ1n) is 7.59. The maximum absolute atomic E-state index is 11.7. The van der Waals surface area contributed by atoms with Gasteiger partial charge in [-0.05, 0) is 18.8 Å². The monoisotopic (exact) mass is 313 g/mol. The van der Waals surface area contributed by atoms with Crippen LogP contribution in [0.3, 0.4) is 0 Å². The highest BCUT2D eigenvalue weighted by Gasteiger charge is 2.22. The minimum Gasteiger partial charge on any atom is -0.368 e. The summed E-state index contributed by atoms with van der Waals surface area (Å²) >= 11 is 0. The number of rotatable bonds is 10. The van der Waals surface area contributed by atoms with Gasteiger partial charge >= 0.3 is 0 Å². The SMILES string of the molecule is CCCC(C)C(=O)C(=O)NCC(=O)NC(CC(C)C)C(N)=O. The van der Waals surface area contributed by atoms with Gasteiger partial charge in [-0.15, -0.1) is 0 Å². The lowest BCUT2D eigenvalue weighted by atomic mass is 10.0. The van der Waals surface area contributed by atoms with E-state index in [-0.39, 0.29) is 18.4 Å². The molecule has 0 aliphatic heterocycles. The molecule has 4 N–H and O–H groups in total. The van der Waals surface area contributed by atoms with Gasteiger partial charge in [0.1, 0.15) is 6.04 Å². The molecule has 22 heavy (non-hydrogen) atoms. The normalized spacial score (nSPS) is 13.3. The molecule has 0 heterocycles. The van der Waals surface area contributed by atoms with Crippen molar-refractivity contribution >= 4 is 23.5 Å². The number of nitrogens with one attached hydrogen (secondary N) is 2. The van der Waals surface area contributed by atoms with Gasteiger partial charge in [0.25, 0.3) is 5.91 Å². The quantitative estimate of drug-likeness (QED) is 0.496. The molecule has 0 aliphatic rings. The Labute approximate surface area is 131 Å². The Morgan fingerprint density at radius 2 is 1.68 bits per heavy atom. The van der Waals surface area contributed by atoms with E-state index in [1.165, 1.54) is 0 Å². The van der Waals surface area contributed by atoms with E-state index in [0.717, 1.165) is 6.42 Å². The van der Waals surface area contributed by atoms with E-state index in [0.29, 0.717) is 12.8 Å². The molecule has 0 bridgehead atoms. The van der Waals surface area contributed by atoms with Crippen LogP contribution in [0.15, 0.2) is 0 Å². The van der Waals surface area contributed by atoms with Gasteiger partial charge in [-0.3, -0.25) is 19.2 Å². The van der Waals surface area contributed by atoms with Crippen LogP contribution in [0, 0.1) is 11.8 Å². The lowest BCUT2D eigenvalue weighted by molar-refractivity contribution is -0.140. The second-order valence-electron chi connectivity index (χ2n) is 5.89. The molecule has 7 heteroatoms. The highest BCUT2D eigenvalue weighted by atomic mass is 16.2. The third-order valence-electron chi connectivity index (χ3n) is 3.19. The molecule has 0 fully saturated rings. The van der Waals surface area contributed by atoms with Gasteiger partial charge in [0.2, 0.25) is 17.6 Å². The molecule has 2 atom stereocenters. The molecule has 0 aromatic rings. The lowest BCUT2D eigenvalue weighted by Gasteiger charge is -2.17. The fourth-order valence-electron chi connectivity index (χ4n) is 2.00. The zero-order valence-corrected chi connectivity index (χ0v) is 13.8. The van der Waals surface area contributed by atoms with Crippen molar-refractivity contribution in [3.63, 3.8) is 0 Å². The van der Waals surface area contributed by atoms with Crippen LogP contribution in [0.2, 0.25) is 0 Å². The van der Waals surface area contributed by atoms with Gasteiger partial charge in [0.05, 0.1) is 6.54 Å². The van der Waals surface area contributed by atoms with E-state index in [1.54, 1.807) is 6.92 Å². The summed E-state index contributed by atoms with van der Waals surface area (Å²) in [4.78, 5) is 46.3. The average molecular weight is 313 g/mol. The summed E-state index contributed by atoms with van der Waals surface area (Å²) in [7, 11) is 0. The number of nitrogens with two attached hydrogens (primary N) is 1. The third kappa shape index (κ3) is 7.75. The Bertz CT molecular complexity index is 421. The number of hydrogen-bond donors (Lipinski definition) is 3. The van der Waals surface area contributed by atoms with E-state index < -0.39 is 29.5 Å². The molecule has 0 spiro atoms. The van der Waals surface area contributed by atoms with Gasteiger partial charge in [0, 0.05) is 5.92 Å². The number of carbonyl (C=O) groups is 4. The van der Waals surface area contributed by atoms with Gasteiger partial charge < -0.3 is 16.4 Å². The molecule has 3 amide bonds. The molecular formula is C15H27N3O4. The molecular weight excluding hydrogens is 286 g/mol. The Morgan fingerprint density at radius 3 is 2.14 bits per heavy atom. The first-order chi connectivity index (χ1) is 10.2. The number of primary amides is 1. The molecule has 0 aromatic carbocycles. The molecule has 0 aromatic heterocycles. The van der Waals surface area contributed by atoms with Crippen molar-refractivity contribution in [2.75, 3.05) is 6.54 Å². The molecule has 7 nitrogen and oxygen atoms in total. The van der Waals surface area contributed by atoms with Crippen LogP contribution in [0.5, 0.6) is 0 Å². The maximum atomic E-state index is 11.7. The van der Waals surface area contributed by atoms with Crippen molar-refractivity contribution in [1.29, 1.82) is 0 Å². The Kier molecular flexibility index (Phi) is 9.05. The molecule has 126 valence electrons. The summed E-state index contributed by atoms with van der Waals surface area (Å²) in [6, 6.07) is -0.779. The van der Waals surface area contributed by atoms with E-state index in [2.05, 4.69) is 10.6 Å². The Hall–Kier alpha value is -1.92. The summed E-state index contributed by atoms with van der Waals surface area (Å²) in [6.07, 6.45) is 1.84. The molecule has 0 radical (unpaired) electrons. The predicted molar refractivity (Wildman–Crippen MR) is 82.7 cm³/mol. The maximum Gasteiger partial charge on any atom is 0.288 e. The Balaban J connectivity index is 4.34. The molecule has 2 unspecified atom stereocenters. The highest BCUT2D eigenvalue weighted by molar-refractivity contribution is 6.37. The first kappa shape index (κ1) is 20.1. The second kappa shape index (κ2) is 9.92. The van der Waals surface area contributed by atoms with E-state index in [1.807, 2.05) is 20.8 Å². The lowest BCUT2D eigenvalue weighted by Crippen LogP contribution is -2.49. The minimum absolute atomic E-state index is 0.184. The number of ketones is 1. The first-order valence-corrected chi connectivity index (χ1v) is 7.59. The van der Waals surface area contributed by atoms with E-state index in [4.69, 9.17) is 5.73 Å². The standard InChI is InChI=1S/C15H27N3O4/c1-5-6-10(4)13(20)15(22)17-8-12(19)18-11(14(16)21)7-9(2)3/h9-11H,5-8H2,1-4H3,(H2,16,21)(H,17,22)(H,18,19). The fraction of sp³-hybridized carbons (Fsp3) is 0.733. The van der Waals surface area contributed by atoms with Crippen LogP contribution in [0.4, 0.5) is 0 Å². The van der Waals surface area contributed by atoms with Gasteiger partial charge in [-0.1, -0.05) is 34.1 Å². The molecule has 0 aliphatic carbocycles. The smallest absolute Gasteiger partial charge is 0.288 e. The Morgan fingerprint density at radius 1 is 1.09 bits per heavy atom. The van der Waals surface area contributed by atoms with Gasteiger partial charge in [0.15, 0.2) is 0 Å². The summed E-state index contributed by atoms with van der Waals surface area (Å²) in [5.74, 6) is -2.68. The summed E-state index contributed by atoms with van der Waals surface area (Å²) in [5.41, 5.74) is 5.22. The van der Waals surface area contributed by atoms with Crippen molar-refractivity contribution in [2.45, 2.75) is 53.0 Å². The predicted octanol–water partition coefficient (Wildman–Crippen LogP) is 0.124. The number of hydrogen-bond acceptors (Lipinski definition) is 4. The second-order valence-corrected chi connectivity index (χ2v) is 5.89. The largest absolute Gasteiger partial charge is 0.368 e. The molecule has 0 saturated carbocycles. The van der Waals surface area contributed by atoms with Crippen molar-refractivity contribution in [3.05, 3.63) is 0 Å². The average Bonchev–Trinajstić information content (AvgIpc) is 2.42. The summed E-state index contributed by atoms with van der Waals surface area (Å²) < 4.78 is 0. The highest BCUT2D eigenvalue weighted by Crippen LogP contribution is 2.06. The van der Waals surface area contributed by atoms with Crippen molar-refractivity contribution in [1.82, 2.24) is 10.6 Å². The van der Waals surface area contributed by atoms with Crippen molar-refractivity contribution < 1.29 is 19.2 Å². The van der Waals surface area contributed by atoms with Crippen LogP contribution in [0.25, 0.3) is 0 Å². The topological polar surface area (TPSA) is 118 Å². The van der Waals surface area contributed by atoms with Crippen molar-refractivity contribution in [2.24, 2.45) is 17.6 Å². The minimum atomic E-state index is -0.782. The molecule has 0 saturated heterocycles. The van der Waals surface area contributed by atoms with Crippen LogP contribution in [-0.4, -0.2) is 36.1 Å². The van der Waals surface area contributed by atoms with E-state index in [9.17, 15) is 19.2 Å². The van der Waals surface area contributed by atoms with Gasteiger partial charge in [-0.2, -0.15) is 0 Å². The number of carbonyl (C=O) groups excluding carboxylic acids is 4. The number of amides is 3. The molecule has 0 rings (SSSR count). The zero-order chi connectivity index (χ0) is 17.3. The summed E-state index contributed by atoms with van der Waals surface area (Å²) in [5, 5.41) is 4.72.